The van der Waals surface area contributed by atoms with Gasteiger partial charge in [-0.25, -0.2) is 0 Å². The van der Waals surface area contributed by atoms with Crippen LogP contribution >= 0.6 is 23.2 Å². The standard InChI is InChI=1S/C21H13Cl2F3N2O3/c1-9-6-14(20(30)28-18(9)21(24,25)26)19(29)27-17-12-4-2-10(22)7-15(12)31-16-8-11(23)3-5-13(16)17/h2-8,17H,1H3,(H,27,29)(H,28,30). The molecule has 5 nitrogen and oxygen atoms in total. The minimum absolute atomic E-state index is 0.274. The molecule has 1 aromatic heterocycles. The molecule has 1 aliphatic heterocycles. The van der Waals surface area contributed by atoms with Gasteiger partial charge in [0.2, 0.25) is 0 Å². The van der Waals surface area contributed by atoms with Crippen molar-refractivity contribution in [1.29, 1.82) is 0 Å². The van der Waals surface area contributed by atoms with E-state index >= 15 is 0 Å². The normalized spacial score (nSPS) is 13.2. The van der Waals surface area contributed by atoms with E-state index in [0.717, 1.165) is 6.07 Å². The number of hydrogen-bond donors (Lipinski definition) is 2. The Morgan fingerprint density at radius 3 is 2.10 bits per heavy atom. The van der Waals surface area contributed by atoms with Gasteiger partial charge in [-0.3, -0.25) is 9.59 Å². The zero-order chi connectivity index (χ0) is 22.5. The van der Waals surface area contributed by atoms with Gasteiger partial charge in [-0.1, -0.05) is 35.3 Å². The van der Waals surface area contributed by atoms with Crippen LogP contribution in [0.4, 0.5) is 13.2 Å². The van der Waals surface area contributed by atoms with E-state index in [1.807, 2.05) is 0 Å². The molecule has 2 N–H and O–H groups in total. The molecule has 0 radical (unpaired) electrons. The van der Waals surface area contributed by atoms with Crippen LogP contribution in [0.25, 0.3) is 0 Å². The first-order valence-electron chi connectivity index (χ1n) is 8.93. The van der Waals surface area contributed by atoms with Crippen molar-refractivity contribution >= 4 is 29.1 Å². The summed E-state index contributed by atoms with van der Waals surface area (Å²) in [5.74, 6) is -0.0815. The van der Waals surface area contributed by atoms with Crippen LogP contribution in [0, 0.1) is 6.92 Å². The van der Waals surface area contributed by atoms with E-state index in [2.05, 4.69) is 5.32 Å². The lowest BCUT2D eigenvalue weighted by Gasteiger charge is -2.29. The van der Waals surface area contributed by atoms with Crippen molar-refractivity contribution in [3.63, 3.8) is 0 Å². The number of aromatic nitrogens is 1. The second-order valence-electron chi connectivity index (χ2n) is 6.94. The molecular formula is C21H13Cl2F3N2O3. The molecule has 3 aromatic rings. The first-order chi connectivity index (χ1) is 14.5. The van der Waals surface area contributed by atoms with E-state index in [1.165, 1.54) is 6.92 Å². The molecule has 1 aliphatic rings. The fourth-order valence-electron chi connectivity index (χ4n) is 3.42. The summed E-state index contributed by atoms with van der Waals surface area (Å²) in [6.07, 6.45) is -4.74. The van der Waals surface area contributed by atoms with Gasteiger partial charge in [-0.05, 0) is 42.8 Å². The quantitative estimate of drug-likeness (QED) is 0.511. The van der Waals surface area contributed by atoms with Gasteiger partial charge in [-0.15, -0.1) is 0 Å². The van der Waals surface area contributed by atoms with Gasteiger partial charge in [0.25, 0.3) is 11.5 Å². The Bertz CT molecular complexity index is 1220. The molecule has 0 saturated heterocycles. The van der Waals surface area contributed by atoms with Crippen LogP contribution in [0.15, 0.2) is 47.3 Å². The number of aromatic amines is 1. The smallest absolute Gasteiger partial charge is 0.431 e. The van der Waals surface area contributed by atoms with E-state index in [0.29, 0.717) is 32.7 Å². The number of nitrogens with one attached hydrogen (secondary N) is 2. The van der Waals surface area contributed by atoms with Crippen LogP contribution in [0.2, 0.25) is 10.0 Å². The molecule has 1 amide bonds. The van der Waals surface area contributed by atoms with Gasteiger partial charge in [0.1, 0.15) is 22.8 Å². The van der Waals surface area contributed by atoms with Crippen molar-refractivity contribution in [2.75, 3.05) is 0 Å². The highest BCUT2D eigenvalue weighted by atomic mass is 35.5. The van der Waals surface area contributed by atoms with E-state index in [1.54, 1.807) is 41.4 Å². The topological polar surface area (TPSA) is 71.2 Å². The molecule has 2 heterocycles. The van der Waals surface area contributed by atoms with E-state index in [9.17, 15) is 22.8 Å². The molecule has 4 rings (SSSR count). The van der Waals surface area contributed by atoms with Gasteiger partial charge >= 0.3 is 6.18 Å². The summed E-state index contributed by atoms with van der Waals surface area (Å²) in [6.45, 7) is 1.17. The van der Waals surface area contributed by atoms with Crippen molar-refractivity contribution in [2.24, 2.45) is 0 Å². The molecule has 0 saturated carbocycles. The van der Waals surface area contributed by atoms with Gasteiger partial charge in [0.05, 0.1) is 6.04 Å². The number of rotatable bonds is 2. The number of halogens is 5. The Kier molecular flexibility index (Phi) is 5.23. The lowest BCUT2D eigenvalue weighted by molar-refractivity contribution is -0.141. The van der Waals surface area contributed by atoms with Gasteiger partial charge in [0, 0.05) is 21.2 Å². The number of hydrogen-bond acceptors (Lipinski definition) is 3. The van der Waals surface area contributed by atoms with Gasteiger partial charge in [-0.2, -0.15) is 13.2 Å². The number of pyridine rings is 1. The Morgan fingerprint density at radius 2 is 1.58 bits per heavy atom. The Hall–Kier alpha value is -2.97. The zero-order valence-electron chi connectivity index (χ0n) is 15.7. The van der Waals surface area contributed by atoms with Crippen LogP contribution in [0.3, 0.4) is 0 Å². The van der Waals surface area contributed by atoms with Gasteiger partial charge in [0.15, 0.2) is 0 Å². The number of H-pyrrole nitrogens is 1. The van der Waals surface area contributed by atoms with Crippen molar-refractivity contribution in [1.82, 2.24) is 10.3 Å². The van der Waals surface area contributed by atoms with Crippen LogP contribution in [-0.4, -0.2) is 10.9 Å². The average Bonchev–Trinajstić information content (AvgIpc) is 2.67. The summed E-state index contributed by atoms with van der Waals surface area (Å²) in [7, 11) is 0. The molecular weight excluding hydrogens is 456 g/mol. The fraction of sp³-hybridized carbons (Fsp3) is 0.143. The third kappa shape index (κ3) is 4.00. The van der Waals surface area contributed by atoms with E-state index in [4.69, 9.17) is 27.9 Å². The number of benzene rings is 2. The van der Waals surface area contributed by atoms with Crippen molar-refractivity contribution in [3.05, 3.63) is 90.8 Å². The monoisotopic (exact) mass is 468 g/mol. The van der Waals surface area contributed by atoms with E-state index < -0.39 is 34.9 Å². The lowest BCUT2D eigenvalue weighted by atomic mass is 9.94. The molecule has 10 heteroatoms. The molecule has 0 aliphatic carbocycles. The van der Waals surface area contributed by atoms with Gasteiger partial charge < -0.3 is 15.0 Å². The first kappa shape index (κ1) is 21.3. The fourth-order valence-corrected chi connectivity index (χ4v) is 3.74. The average molecular weight is 469 g/mol. The predicted molar refractivity (Wildman–Crippen MR) is 109 cm³/mol. The third-order valence-corrected chi connectivity index (χ3v) is 5.31. The van der Waals surface area contributed by atoms with E-state index in [-0.39, 0.29) is 5.56 Å². The number of fused-ring (bicyclic) bond motifs is 2. The summed E-state index contributed by atoms with van der Waals surface area (Å²) in [5.41, 5.74) is -1.93. The summed E-state index contributed by atoms with van der Waals surface area (Å²) >= 11 is 12.1. The summed E-state index contributed by atoms with van der Waals surface area (Å²) in [4.78, 5) is 26.9. The maximum atomic E-state index is 13.0. The molecule has 0 fully saturated rings. The number of alkyl halides is 3. The largest absolute Gasteiger partial charge is 0.456 e. The minimum atomic E-state index is -4.74. The number of carbonyl (C=O) groups excluding carboxylic acids is 1. The van der Waals surface area contributed by atoms with Crippen molar-refractivity contribution in [2.45, 2.75) is 19.1 Å². The molecule has 160 valence electrons. The van der Waals surface area contributed by atoms with Crippen LogP contribution in [-0.2, 0) is 6.18 Å². The van der Waals surface area contributed by atoms with Crippen molar-refractivity contribution in [3.8, 4) is 11.5 Å². The predicted octanol–water partition coefficient (Wildman–Crippen LogP) is 5.63. The van der Waals surface area contributed by atoms with Crippen LogP contribution in [0.1, 0.15) is 38.8 Å². The minimum Gasteiger partial charge on any atom is -0.456 e. The highest BCUT2D eigenvalue weighted by molar-refractivity contribution is 6.31. The number of aryl methyl sites for hydroxylation is 1. The maximum Gasteiger partial charge on any atom is 0.431 e. The van der Waals surface area contributed by atoms with Crippen molar-refractivity contribution < 1.29 is 22.7 Å². The Morgan fingerprint density at radius 1 is 1.03 bits per heavy atom. The zero-order valence-corrected chi connectivity index (χ0v) is 17.2. The highest BCUT2D eigenvalue weighted by Crippen LogP contribution is 2.44. The Balaban J connectivity index is 1.76. The van der Waals surface area contributed by atoms with Crippen LogP contribution < -0.4 is 15.6 Å². The third-order valence-electron chi connectivity index (χ3n) is 4.84. The number of carbonyl (C=O) groups is 1. The van der Waals surface area contributed by atoms with Crippen LogP contribution in [0.5, 0.6) is 11.5 Å². The molecule has 0 unspecified atom stereocenters. The molecule has 0 bridgehead atoms. The molecule has 0 spiro atoms. The second kappa shape index (κ2) is 7.62. The highest BCUT2D eigenvalue weighted by Gasteiger charge is 2.35. The summed E-state index contributed by atoms with van der Waals surface area (Å²) in [6, 6.07) is 9.83. The molecule has 2 aromatic carbocycles. The number of amides is 1. The number of ether oxygens (including phenoxy) is 1. The Labute approximate surface area is 183 Å². The SMILES string of the molecule is Cc1cc(C(=O)NC2c3ccc(Cl)cc3Oc3cc(Cl)ccc32)c(=O)[nH]c1C(F)(F)F. The maximum absolute atomic E-state index is 13.0. The summed E-state index contributed by atoms with van der Waals surface area (Å²) in [5, 5.41) is 3.52. The molecule has 0 atom stereocenters. The lowest BCUT2D eigenvalue weighted by Crippen LogP contribution is -2.35. The second-order valence-corrected chi connectivity index (χ2v) is 7.81. The molecule has 31 heavy (non-hydrogen) atoms. The first-order valence-corrected chi connectivity index (χ1v) is 9.69. The summed E-state index contributed by atoms with van der Waals surface area (Å²) < 4.78 is 44.9.